The minimum absolute atomic E-state index is 0.163. The number of nitriles is 1. The zero-order valence-electron chi connectivity index (χ0n) is 10.1. The number of rotatable bonds is 2. The molecule has 2 nitrogen and oxygen atoms in total. The Balaban J connectivity index is 1.99. The largest absolute Gasteiger partial charge is 0.490 e. The topological polar surface area (TPSA) is 33.0 Å². The number of nitrogens with zero attached hydrogens (tertiary/aromatic N) is 1. The quantitative estimate of drug-likeness (QED) is 0.757. The average molecular weight is 215 g/mol. The zero-order chi connectivity index (χ0) is 11.8. The fourth-order valence-electron chi connectivity index (χ4n) is 2.31. The lowest BCUT2D eigenvalue weighted by Gasteiger charge is -2.39. The molecular weight excluding hydrogens is 198 g/mol. The molecule has 0 saturated heterocycles. The molecule has 2 rings (SSSR count). The summed E-state index contributed by atoms with van der Waals surface area (Å²) in [4.78, 5) is 0. The predicted molar refractivity (Wildman–Crippen MR) is 63.3 cm³/mol. The van der Waals surface area contributed by atoms with E-state index < -0.39 is 0 Å². The maximum absolute atomic E-state index is 8.91. The van der Waals surface area contributed by atoms with E-state index in [1.54, 1.807) is 0 Å². The van der Waals surface area contributed by atoms with Crippen molar-refractivity contribution in [1.82, 2.24) is 0 Å². The molecule has 84 valence electrons. The minimum Gasteiger partial charge on any atom is -0.490 e. The highest BCUT2D eigenvalue weighted by atomic mass is 16.5. The Hall–Kier alpha value is -1.49. The summed E-state index contributed by atoms with van der Waals surface area (Å²) >= 11 is 0. The summed E-state index contributed by atoms with van der Waals surface area (Å²) < 4.78 is 5.86. The summed E-state index contributed by atoms with van der Waals surface area (Å²) in [5.41, 5.74) is 2.28. The number of aryl methyl sites for hydroxylation is 2. The van der Waals surface area contributed by atoms with Gasteiger partial charge in [-0.2, -0.15) is 5.26 Å². The molecule has 1 aromatic rings. The van der Waals surface area contributed by atoms with E-state index in [-0.39, 0.29) is 11.5 Å². The van der Waals surface area contributed by atoms with Gasteiger partial charge in [0.05, 0.1) is 11.5 Å². The van der Waals surface area contributed by atoms with Crippen molar-refractivity contribution in [2.45, 2.75) is 39.7 Å². The van der Waals surface area contributed by atoms with Crippen LogP contribution in [0.15, 0.2) is 18.2 Å². The number of hydrogen-bond acceptors (Lipinski definition) is 2. The van der Waals surface area contributed by atoms with Gasteiger partial charge in [0.15, 0.2) is 0 Å². The van der Waals surface area contributed by atoms with Crippen LogP contribution >= 0.6 is 0 Å². The Morgan fingerprint density at radius 3 is 2.31 bits per heavy atom. The van der Waals surface area contributed by atoms with Gasteiger partial charge in [-0.1, -0.05) is 6.07 Å². The molecule has 0 aromatic heterocycles. The highest BCUT2D eigenvalue weighted by Crippen LogP contribution is 2.42. The molecule has 0 spiro atoms. The first kappa shape index (κ1) is 11.0. The van der Waals surface area contributed by atoms with E-state index in [9.17, 15) is 0 Å². The van der Waals surface area contributed by atoms with Crippen LogP contribution in [0, 0.1) is 30.6 Å². The van der Waals surface area contributed by atoms with Gasteiger partial charge in [0, 0.05) is 12.8 Å². The van der Waals surface area contributed by atoms with Crippen LogP contribution in [0.2, 0.25) is 0 Å². The van der Waals surface area contributed by atoms with E-state index in [2.05, 4.69) is 38.1 Å². The van der Waals surface area contributed by atoms with Gasteiger partial charge in [0.25, 0.3) is 0 Å². The number of ether oxygens (including phenoxy) is 1. The smallest absolute Gasteiger partial charge is 0.120 e. The summed E-state index contributed by atoms with van der Waals surface area (Å²) in [6.07, 6.45) is 1.90. The molecule has 0 unspecified atom stereocenters. The summed E-state index contributed by atoms with van der Waals surface area (Å²) in [5, 5.41) is 8.91. The van der Waals surface area contributed by atoms with Crippen molar-refractivity contribution in [3.8, 4) is 11.8 Å². The van der Waals surface area contributed by atoms with E-state index in [0.29, 0.717) is 0 Å². The van der Waals surface area contributed by atoms with E-state index in [1.165, 1.54) is 11.1 Å². The maximum Gasteiger partial charge on any atom is 0.120 e. The van der Waals surface area contributed by atoms with Crippen LogP contribution in [0.3, 0.4) is 0 Å². The van der Waals surface area contributed by atoms with E-state index in [4.69, 9.17) is 10.00 Å². The highest BCUT2D eigenvalue weighted by Gasteiger charge is 2.42. The lowest BCUT2D eigenvalue weighted by Crippen LogP contribution is -2.41. The Kier molecular flexibility index (Phi) is 2.63. The predicted octanol–water partition coefficient (Wildman–Crippen LogP) is 3.37. The van der Waals surface area contributed by atoms with Crippen molar-refractivity contribution in [2.24, 2.45) is 5.41 Å². The highest BCUT2D eigenvalue weighted by molar-refractivity contribution is 5.33. The third-order valence-corrected chi connectivity index (χ3v) is 3.12. The Bertz CT molecular complexity index is 418. The van der Waals surface area contributed by atoms with Gasteiger partial charge in [-0.3, -0.25) is 0 Å². The SMILES string of the molecule is Cc1cc(C)cc(O[C@H]2C[C@@](C)(C#N)C2)c1. The molecule has 1 saturated carbocycles. The van der Waals surface area contributed by atoms with Crippen molar-refractivity contribution in [3.05, 3.63) is 29.3 Å². The van der Waals surface area contributed by atoms with E-state index in [0.717, 1.165) is 18.6 Å². The van der Waals surface area contributed by atoms with Crippen LogP contribution in [-0.2, 0) is 0 Å². The molecule has 0 heterocycles. The van der Waals surface area contributed by atoms with Gasteiger partial charge < -0.3 is 4.74 Å². The molecule has 16 heavy (non-hydrogen) atoms. The maximum atomic E-state index is 8.91. The van der Waals surface area contributed by atoms with Crippen LogP contribution in [0.1, 0.15) is 30.9 Å². The second kappa shape index (κ2) is 3.83. The van der Waals surface area contributed by atoms with Crippen molar-refractivity contribution in [3.63, 3.8) is 0 Å². The second-order valence-electron chi connectivity index (χ2n) is 5.14. The van der Waals surface area contributed by atoms with Crippen molar-refractivity contribution in [1.29, 1.82) is 5.26 Å². The molecule has 0 radical (unpaired) electrons. The molecule has 0 bridgehead atoms. The fraction of sp³-hybridized carbons (Fsp3) is 0.500. The van der Waals surface area contributed by atoms with Gasteiger partial charge in [0.2, 0.25) is 0 Å². The summed E-state index contributed by atoms with van der Waals surface area (Å²) in [6, 6.07) is 8.57. The molecule has 1 aromatic carbocycles. The van der Waals surface area contributed by atoms with Gasteiger partial charge in [-0.05, 0) is 44.0 Å². The molecule has 0 atom stereocenters. The molecule has 2 heteroatoms. The van der Waals surface area contributed by atoms with Crippen molar-refractivity contribution in [2.75, 3.05) is 0 Å². The van der Waals surface area contributed by atoms with Crippen LogP contribution in [-0.4, -0.2) is 6.10 Å². The fourth-order valence-corrected chi connectivity index (χ4v) is 2.31. The normalized spacial score (nSPS) is 28.0. The molecule has 0 amide bonds. The second-order valence-corrected chi connectivity index (χ2v) is 5.14. The molecule has 1 fully saturated rings. The zero-order valence-corrected chi connectivity index (χ0v) is 10.1. The van der Waals surface area contributed by atoms with Gasteiger partial charge >= 0.3 is 0 Å². The third-order valence-electron chi connectivity index (χ3n) is 3.12. The van der Waals surface area contributed by atoms with E-state index in [1.807, 2.05) is 6.92 Å². The molecular formula is C14H17NO. The standard InChI is InChI=1S/C14H17NO/c1-10-4-11(2)6-12(5-10)16-13-7-14(3,8-13)9-15/h4-6,13H,7-8H2,1-3H3/t13-,14+. The molecule has 1 aliphatic rings. The van der Waals surface area contributed by atoms with Crippen molar-refractivity contribution < 1.29 is 4.74 Å². The lowest BCUT2D eigenvalue weighted by molar-refractivity contribution is 0.0340. The van der Waals surface area contributed by atoms with Crippen LogP contribution in [0.5, 0.6) is 5.75 Å². The average Bonchev–Trinajstić information content (AvgIpc) is 2.13. The first-order chi connectivity index (χ1) is 7.50. The first-order valence-corrected chi connectivity index (χ1v) is 5.67. The van der Waals surface area contributed by atoms with E-state index >= 15 is 0 Å². The Labute approximate surface area is 96.9 Å². The molecule has 0 aliphatic heterocycles. The van der Waals surface area contributed by atoms with Crippen LogP contribution in [0.4, 0.5) is 0 Å². The summed E-state index contributed by atoms with van der Waals surface area (Å²) in [6.45, 7) is 6.13. The molecule has 1 aliphatic carbocycles. The van der Waals surface area contributed by atoms with Gasteiger partial charge in [-0.25, -0.2) is 0 Å². The van der Waals surface area contributed by atoms with Crippen molar-refractivity contribution >= 4 is 0 Å². The monoisotopic (exact) mass is 215 g/mol. The Morgan fingerprint density at radius 2 is 1.81 bits per heavy atom. The minimum atomic E-state index is -0.163. The van der Waals surface area contributed by atoms with Crippen LogP contribution < -0.4 is 4.74 Å². The number of benzene rings is 1. The molecule has 0 N–H and O–H groups in total. The first-order valence-electron chi connectivity index (χ1n) is 5.67. The lowest BCUT2D eigenvalue weighted by atomic mass is 9.69. The summed E-state index contributed by atoms with van der Waals surface area (Å²) in [5.74, 6) is 0.933. The summed E-state index contributed by atoms with van der Waals surface area (Å²) in [7, 11) is 0. The number of hydrogen-bond donors (Lipinski definition) is 0. The van der Waals surface area contributed by atoms with Gasteiger partial charge in [-0.15, -0.1) is 0 Å². The third kappa shape index (κ3) is 2.19. The Morgan fingerprint density at radius 1 is 1.25 bits per heavy atom. The van der Waals surface area contributed by atoms with Gasteiger partial charge in [0.1, 0.15) is 11.9 Å². The van der Waals surface area contributed by atoms with Crippen LogP contribution in [0.25, 0.3) is 0 Å².